The summed E-state index contributed by atoms with van der Waals surface area (Å²) in [5, 5.41) is 9.40. The molecule has 6 nitrogen and oxygen atoms in total. The van der Waals surface area contributed by atoms with Crippen molar-refractivity contribution in [3.8, 4) is 22.0 Å². The van der Waals surface area contributed by atoms with Gasteiger partial charge in [-0.15, -0.1) is 11.3 Å². The molecule has 0 fully saturated rings. The zero-order chi connectivity index (χ0) is 19.7. The number of ketones is 1. The molecule has 3 aromatic rings. The summed E-state index contributed by atoms with van der Waals surface area (Å²) in [5.74, 6) is 0.0498. The first-order chi connectivity index (χ1) is 12.9. The van der Waals surface area contributed by atoms with E-state index in [9.17, 15) is 9.59 Å². The first-order valence-electron chi connectivity index (χ1n) is 9.21. The molecule has 0 spiro atoms. The number of aryl methyl sites for hydroxylation is 2. The van der Waals surface area contributed by atoms with Gasteiger partial charge in [-0.2, -0.15) is 5.10 Å². The van der Waals surface area contributed by atoms with E-state index in [0.717, 1.165) is 58.7 Å². The highest BCUT2D eigenvalue weighted by molar-refractivity contribution is 7.13. The topological polar surface area (TPSA) is 91.5 Å². The van der Waals surface area contributed by atoms with E-state index < -0.39 is 0 Å². The molecule has 3 aromatic heterocycles. The molecule has 0 saturated carbocycles. The summed E-state index contributed by atoms with van der Waals surface area (Å²) in [4.78, 5) is 32.6. The first-order valence-corrected chi connectivity index (χ1v) is 10.1. The molecule has 3 rings (SSSR count). The van der Waals surface area contributed by atoms with Crippen LogP contribution in [-0.4, -0.2) is 25.9 Å². The Balaban J connectivity index is 2.17. The molecule has 0 aromatic carbocycles. The van der Waals surface area contributed by atoms with Crippen LogP contribution in [0.5, 0.6) is 0 Å². The fourth-order valence-electron chi connectivity index (χ4n) is 3.65. The quantitative estimate of drug-likeness (QED) is 0.626. The number of hydrogen-bond acceptors (Lipinski definition) is 5. The zero-order valence-corrected chi connectivity index (χ0v) is 17.1. The van der Waals surface area contributed by atoms with Crippen molar-refractivity contribution in [1.29, 1.82) is 0 Å². The summed E-state index contributed by atoms with van der Waals surface area (Å²) >= 11 is 1.44. The molecule has 3 heterocycles. The fraction of sp³-hybridized carbons (Fsp3) is 0.400. The monoisotopic (exact) mass is 384 g/mol. The second kappa shape index (κ2) is 7.60. The minimum Gasteiger partial charge on any atom is -0.356 e. The number of Topliss-reactive ketones (excluding diaryl/α,β-unsaturated/α-hetero) is 1. The normalized spacial score (nSPS) is 11.1. The first kappa shape index (κ1) is 19.2. The van der Waals surface area contributed by atoms with Crippen LogP contribution in [0.25, 0.3) is 22.0 Å². The minimum absolute atomic E-state index is 0.0498. The number of nitrogens with zero attached hydrogens (tertiary/aromatic N) is 2. The van der Waals surface area contributed by atoms with Gasteiger partial charge in [0.2, 0.25) is 0 Å². The number of aromatic amines is 2. The number of hydrogen-bond donors (Lipinski definition) is 2. The van der Waals surface area contributed by atoms with Crippen LogP contribution in [0.2, 0.25) is 0 Å². The van der Waals surface area contributed by atoms with Gasteiger partial charge < -0.3 is 4.98 Å². The van der Waals surface area contributed by atoms with E-state index in [1.54, 1.807) is 6.92 Å². The summed E-state index contributed by atoms with van der Waals surface area (Å²) in [7, 11) is 0. The van der Waals surface area contributed by atoms with Crippen LogP contribution in [-0.2, 0) is 19.3 Å². The van der Waals surface area contributed by atoms with Gasteiger partial charge in [-0.25, -0.2) is 10.1 Å². The second-order valence-corrected chi connectivity index (χ2v) is 7.34. The molecule has 0 saturated heterocycles. The van der Waals surface area contributed by atoms with Crippen molar-refractivity contribution in [1.82, 2.24) is 20.2 Å². The number of rotatable bonds is 6. The molecular weight excluding hydrogens is 360 g/mol. The van der Waals surface area contributed by atoms with Crippen molar-refractivity contribution in [2.75, 3.05) is 0 Å². The highest BCUT2D eigenvalue weighted by Crippen LogP contribution is 2.33. The van der Waals surface area contributed by atoms with E-state index in [1.165, 1.54) is 11.3 Å². The largest absolute Gasteiger partial charge is 0.356 e. The van der Waals surface area contributed by atoms with E-state index in [2.05, 4.69) is 15.2 Å². The molecule has 0 aliphatic carbocycles. The molecule has 0 unspecified atom stereocenters. The van der Waals surface area contributed by atoms with Crippen LogP contribution in [0.1, 0.15) is 60.6 Å². The highest BCUT2D eigenvalue weighted by atomic mass is 32.1. The van der Waals surface area contributed by atoms with Gasteiger partial charge in [-0.05, 0) is 44.2 Å². The summed E-state index contributed by atoms with van der Waals surface area (Å²) < 4.78 is 0. The molecular formula is C20H24N4O2S. The Morgan fingerprint density at radius 3 is 2.44 bits per heavy atom. The molecule has 0 aliphatic heterocycles. The lowest BCUT2D eigenvalue weighted by Gasteiger charge is -2.08. The second-order valence-electron chi connectivity index (χ2n) is 6.49. The van der Waals surface area contributed by atoms with Gasteiger partial charge in [0.15, 0.2) is 5.78 Å². The third kappa shape index (κ3) is 3.27. The van der Waals surface area contributed by atoms with Crippen LogP contribution in [0, 0.1) is 6.92 Å². The third-order valence-electron chi connectivity index (χ3n) is 4.83. The Kier molecular flexibility index (Phi) is 5.41. The van der Waals surface area contributed by atoms with E-state index in [-0.39, 0.29) is 11.3 Å². The Morgan fingerprint density at radius 2 is 1.85 bits per heavy atom. The van der Waals surface area contributed by atoms with Crippen molar-refractivity contribution in [2.45, 2.75) is 53.9 Å². The maximum Gasteiger partial charge on any atom is 0.274 e. The summed E-state index contributed by atoms with van der Waals surface area (Å²) in [6.45, 7) is 9.57. The average Bonchev–Trinajstić information content (AvgIpc) is 3.25. The Labute approximate surface area is 162 Å². The van der Waals surface area contributed by atoms with E-state index in [4.69, 9.17) is 4.98 Å². The van der Waals surface area contributed by atoms with Gasteiger partial charge in [0.1, 0.15) is 5.01 Å². The van der Waals surface area contributed by atoms with Crippen LogP contribution in [0.3, 0.4) is 0 Å². The molecule has 0 aliphatic rings. The standard InChI is InChI=1S/C20H24N4O2S/c1-6-12-14(8-3)23-24-19(26)17(12)20-22-15(9-27-20)18-13(7-2)16(11(5)25)10(4)21-18/h9,21H,6-8H2,1-5H3,(H,24,26). The SMILES string of the molecule is CCc1n[nH]c(=O)c(-c2nc(-c3[nH]c(C)c(C(C)=O)c3CC)cs2)c1CC. The summed E-state index contributed by atoms with van der Waals surface area (Å²) in [6, 6.07) is 0. The maximum atomic E-state index is 12.5. The lowest BCUT2D eigenvalue weighted by molar-refractivity contribution is 0.101. The van der Waals surface area contributed by atoms with Gasteiger partial charge in [-0.1, -0.05) is 20.8 Å². The van der Waals surface area contributed by atoms with Crippen LogP contribution >= 0.6 is 11.3 Å². The Bertz CT molecular complexity index is 1060. The smallest absolute Gasteiger partial charge is 0.274 e. The number of thiazole rings is 1. The molecule has 0 bridgehead atoms. The van der Waals surface area contributed by atoms with Gasteiger partial charge in [0.05, 0.1) is 22.6 Å². The van der Waals surface area contributed by atoms with Gasteiger partial charge in [-0.3, -0.25) is 9.59 Å². The number of H-pyrrole nitrogens is 2. The lowest BCUT2D eigenvalue weighted by Crippen LogP contribution is -2.16. The molecule has 27 heavy (non-hydrogen) atoms. The number of carbonyl (C=O) groups is 1. The summed E-state index contributed by atoms with van der Waals surface area (Å²) in [6.07, 6.45) is 2.21. The van der Waals surface area contributed by atoms with E-state index in [0.29, 0.717) is 10.6 Å². The maximum absolute atomic E-state index is 12.5. The predicted octanol–water partition coefficient (Wildman–Crippen LogP) is 4.09. The van der Waals surface area contributed by atoms with E-state index in [1.807, 2.05) is 33.1 Å². The third-order valence-corrected chi connectivity index (χ3v) is 5.69. The molecule has 0 amide bonds. The van der Waals surface area contributed by atoms with Gasteiger partial charge in [0, 0.05) is 16.6 Å². The molecule has 142 valence electrons. The van der Waals surface area contributed by atoms with Crippen LogP contribution < -0.4 is 5.56 Å². The highest BCUT2D eigenvalue weighted by Gasteiger charge is 2.22. The Hall–Kier alpha value is -2.54. The van der Waals surface area contributed by atoms with E-state index >= 15 is 0 Å². The van der Waals surface area contributed by atoms with Crippen LogP contribution in [0.4, 0.5) is 0 Å². The summed E-state index contributed by atoms with van der Waals surface area (Å²) in [5.41, 5.74) is 6.43. The fourth-order valence-corrected chi connectivity index (χ4v) is 4.53. The lowest BCUT2D eigenvalue weighted by atomic mass is 10.0. The van der Waals surface area contributed by atoms with Crippen LogP contribution in [0.15, 0.2) is 10.2 Å². The molecule has 0 atom stereocenters. The van der Waals surface area contributed by atoms with Gasteiger partial charge in [0.25, 0.3) is 5.56 Å². The molecule has 2 N–H and O–H groups in total. The molecule has 0 radical (unpaired) electrons. The zero-order valence-electron chi connectivity index (χ0n) is 16.3. The average molecular weight is 385 g/mol. The van der Waals surface area contributed by atoms with Crippen molar-refractivity contribution < 1.29 is 4.79 Å². The van der Waals surface area contributed by atoms with Gasteiger partial charge >= 0.3 is 0 Å². The van der Waals surface area contributed by atoms with Crippen molar-refractivity contribution in [3.63, 3.8) is 0 Å². The number of nitrogens with one attached hydrogen (secondary N) is 2. The Morgan fingerprint density at radius 1 is 1.15 bits per heavy atom. The number of carbonyl (C=O) groups excluding carboxylic acids is 1. The number of aromatic nitrogens is 4. The van der Waals surface area contributed by atoms with Crippen molar-refractivity contribution >= 4 is 17.1 Å². The van der Waals surface area contributed by atoms with Crippen molar-refractivity contribution in [2.24, 2.45) is 0 Å². The minimum atomic E-state index is -0.215. The molecule has 7 heteroatoms. The predicted molar refractivity (Wildman–Crippen MR) is 109 cm³/mol. The van der Waals surface area contributed by atoms with Crippen molar-refractivity contribution in [3.05, 3.63) is 43.8 Å².